The first-order valence-corrected chi connectivity index (χ1v) is 5.40. The van der Waals surface area contributed by atoms with Crippen LogP contribution in [0.15, 0.2) is 22.7 Å². The number of nitrogens with zero attached hydrogens (tertiary/aromatic N) is 1. The highest BCUT2D eigenvalue weighted by atomic mass is 79.9. The van der Waals surface area contributed by atoms with E-state index in [-0.39, 0.29) is 5.91 Å². The highest BCUT2D eigenvalue weighted by Crippen LogP contribution is 2.26. The van der Waals surface area contributed by atoms with Crippen molar-refractivity contribution in [1.82, 2.24) is 0 Å². The zero-order chi connectivity index (χ0) is 10.7. The third-order valence-corrected chi connectivity index (χ3v) is 3.09. The number of amides is 1. The van der Waals surface area contributed by atoms with Gasteiger partial charge in [0.1, 0.15) is 0 Å². The lowest BCUT2D eigenvalue weighted by atomic mass is 10.2. The molecular formula is C11H14BrNO. The first-order chi connectivity index (χ1) is 6.57. The lowest BCUT2D eigenvalue weighted by molar-refractivity contribution is -0.116. The fourth-order valence-corrected chi connectivity index (χ4v) is 1.81. The molecule has 1 aromatic carbocycles. The van der Waals surface area contributed by atoms with Crippen LogP contribution in [0.1, 0.15) is 19.4 Å². The van der Waals surface area contributed by atoms with Gasteiger partial charge in [0, 0.05) is 23.6 Å². The molecule has 0 aliphatic carbocycles. The molecule has 1 rings (SSSR count). The average Bonchev–Trinajstić information content (AvgIpc) is 2.13. The van der Waals surface area contributed by atoms with Crippen LogP contribution < -0.4 is 4.90 Å². The van der Waals surface area contributed by atoms with E-state index in [2.05, 4.69) is 15.9 Å². The van der Waals surface area contributed by atoms with Crippen molar-refractivity contribution in [3.63, 3.8) is 0 Å². The van der Waals surface area contributed by atoms with Crippen LogP contribution in [0.2, 0.25) is 0 Å². The van der Waals surface area contributed by atoms with Crippen molar-refractivity contribution in [2.45, 2.75) is 20.8 Å². The third kappa shape index (κ3) is 2.15. The molecule has 0 aromatic heterocycles. The molecule has 0 aliphatic heterocycles. The Hall–Kier alpha value is -0.830. The Morgan fingerprint density at radius 1 is 1.50 bits per heavy atom. The van der Waals surface area contributed by atoms with Crippen molar-refractivity contribution in [3.05, 3.63) is 28.2 Å². The smallest absolute Gasteiger partial charge is 0.223 e. The van der Waals surface area contributed by atoms with E-state index >= 15 is 0 Å². The highest BCUT2D eigenvalue weighted by molar-refractivity contribution is 9.10. The fourth-order valence-electron chi connectivity index (χ4n) is 1.45. The molecule has 3 heteroatoms. The molecule has 1 aromatic rings. The summed E-state index contributed by atoms with van der Waals surface area (Å²) in [5.41, 5.74) is 2.08. The number of carbonyl (C=O) groups is 1. The van der Waals surface area contributed by atoms with Crippen LogP contribution >= 0.6 is 15.9 Å². The predicted molar refractivity (Wildman–Crippen MR) is 62.6 cm³/mol. The molecule has 0 aliphatic rings. The molecule has 1 amide bonds. The molecule has 0 saturated carbocycles. The van der Waals surface area contributed by atoms with E-state index in [1.165, 1.54) is 0 Å². The number of rotatable bonds is 2. The minimum absolute atomic E-state index is 0.0775. The molecule has 0 saturated heterocycles. The number of hydrogen-bond donors (Lipinski definition) is 0. The minimum atomic E-state index is 0.0775. The van der Waals surface area contributed by atoms with Gasteiger partial charge in [0.15, 0.2) is 0 Å². The third-order valence-electron chi connectivity index (χ3n) is 2.23. The molecule has 76 valence electrons. The summed E-state index contributed by atoms with van der Waals surface area (Å²) in [7, 11) is 0. The van der Waals surface area contributed by atoms with Crippen molar-refractivity contribution in [3.8, 4) is 0 Å². The minimum Gasteiger partial charge on any atom is -0.313 e. The predicted octanol–water partition coefficient (Wildman–Crippen LogP) is 3.13. The van der Waals surface area contributed by atoms with Gasteiger partial charge in [-0.1, -0.05) is 22.0 Å². The van der Waals surface area contributed by atoms with Crippen molar-refractivity contribution < 1.29 is 4.79 Å². The van der Waals surface area contributed by atoms with Gasteiger partial charge in [-0.15, -0.1) is 0 Å². The number of carbonyl (C=O) groups excluding carboxylic acids is 1. The summed E-state index contributed by atoms with van der Waals surface area (Å²) in [5, 5.41) is 0. The number of anilines is 1. The molecule has 0 spiro atoms. The first-order valence-electron chi connectivity index (χ1n) is 4.61. The zero-order valence-corrected chi connectivity index (χ0v) is 10.3. The summed E-state index contributed by atoms with van der Waals surface area (Å²) in [6, 6.07) is 5.88. The Bertz CT molecular complexity index is 349. The maximum absolute atomic E-state index is 11.3. The molecule has 0 heterocycles. The van der Waals surface area contributed by atoms with Crippen LogP contribution in [0.25, 0.3) is 0 Å². The Balaban J connectivity index is 3.16. The summed E-state index contributed by atoms with van der Waals surface area (Å²) >= 11 is 3.45. The van der Waals surface area contributed by atoms with Crippen LogP contribution in [0, 0.1) is 6.92 Å². The molecule has 0 atom stereocenters. The summed E-state index contributed by atoms with van der Waals surface area (Å²) in [6.45, 7) is 6.27. The fraction of sp³-hybridized carbons (Fsp3) is 0.364. The second kappa shape index (κ2) is 4.60. The van der Waals surface area contributed by atoms with Gasteiger partial charge in [0.05, 0.1) is 0 Å². The number of halogens is 1. The van der Waals surface area contributed by atoms with Gasteiger partial charge in [-0.3, -0.25) is 4.79 Å². The van der Waals surface area contributed by atoms with Gasteiger partial charge in [0.25, 0.3) is 0 Å². The molecule has 0 bridgehead atoms. The summed E-state index contributed by atoms with van der Waals surface area (Å²) in [6.07, 6.45) is 0. The summed E-state index contributed by atoms with van der Waals surface area (Å²) in [5.74, 6) is 0.0775. The standard InChI is InChI=1S/C11H14BrNO/c1-4-13(9(3)14)11-7-5-6-10(12)8(11)2/h5-7H,4H2,1-3H3. The maximum atomic E-state index is 11.3. The number of benzene rings is 1. The van der Waals surface area contributed by atoms with Gasteiger partial charge in [-0.2, -0.15) is 0 Å². The van der Waals surface area contributed by atoms with E-state index in [4.69, 9.17) is 0 Å². The number of hydrogen-bond acceptors (Lipinski definition) is 1. The Kier molecular flexibility index (Phi) is 3.69. The highest BCUT2D eigenvalue weighted by Gasteiger charge is 2.12. The second-order valence-corrected chi connectivity index (χ2v) is 4.00. The normalized spacial score (nSPS) is 10.0. The Morgan fingerprint density at radius 3 is 2.64 bits per heavy atom. The molecule has 0 fully saturated rings. The average molecular weight is 256 g/mol. The zero-order valence-electron chi connectivity index (χ0n) is 8.67. The van der Waals surface area contributed by atoms with E-state index in [1.807, 2.05) is 32.0 Å². The van der Waals surface area contributed by atoms with Crippen LogP contribution in [-0.4, -0.2) is 12.5 Å². The van der Waals surface area contributed by atoms with Crippen molar-refractivity contribution in [2.24, 2.45) is 0 Å². The first kappa shape index (κ1) is 11.2. The SMILES string of the molecule is CCN(C(C)=O)c1cccc(Br)c1C. The molecule has 0 unspecified atom stereocenters. The summed E-state index contributed by atoms with van der Waals surface area (Å²) < 4.78 is 1.04. The van der Waals surface area contributed by atoms with E-state index in [9.17, 15) is 4.79 Å². The summed E-state index contributed by atoms with van der Waals surface area (Å²) in [4.78, 5) is 13.1. The van der Waals surface area contributed by atoms with Crippen molar-refractivity contribution in [2.75, 3.05) is 11.4 Å². The topological polar surface area (TPSA) is 20.3 Å². The van der Waals surface area contributed by atoms with Crippen LogP contribution in [0.3, 0.4) is 0 Å². The van der Waals surface area contributed by atoms with Gasteiger partial charge < -0.3 is 4.90 Å². The molecule has 2 nitrogen and oxygen atoms in total. The Labute approximate surface area is 93.0 Å². The lowest BCUT2D eigenvalue weighted by Crippen LogP contribution is -2.28. The quantitative estimate of drug-likeness (QED) is 0.796. The van der Waals surface area contributed by atoms with E-state index in [0.29, 0.717) is 6.54 Å². The van der Waals surface area contributed by atoms with Crippen LogP contribution in [-0.2, 0) is 4.79 Å². The van der Waals surface area contributed by atoms with E-state index in [0.717, 1.165) is 15.7 Å². The van der Waals surface area contributed by atoms with E-state index < -0.39 is 0 Å². The second-order valence-electron chi connectivity index (χ2n) is 3.15. The van der Waals surface area contributed by atoms with Gasteiger partial charge in [-0.05, 0) is 31.5 Å². The van der Waals surface area contributed by atoms with Crippen molar-refractivity contribution >= 4 is 27.5 Å². The largest absolute Gasteiger partial charge is 0.313 e. The van der Waals surface area contributed by atoms with Crippen LogP contribution in [0.4, 0.5) is 5.69 Å². The molecule has 0 N–H and O–H groups in total. The molecule has 14 heavy (non-hydrogen) atoms. The van der Waals surface area contributed by atoms with Gasteiger partial charge in [-0.25, -0.2) is 0 Å². The van der Waals surface area contributed by atoms with Crippen LogP contribution in [0.5, 0.6) is 0 Å². The molecule has 0 radical (unpaired) electrons. The Morgan fingerprint density at radius 2 is 2.14 bits per heavy atom. The maximum Gasteiger partial charge on any atom is 0.223 e. The van der Waals surface area contributed by atoms with Gasteiger partial charge in [0.2, 0.25) is 5.91 Å². The van der Waals surface area contributed by atoms with E-state index in [1.54, 1.807) is 11.8 Å². The van der Waals surface area contributed by atoms with Crippen molar-refractivity contribution in [1.29, 1.82) is 0 Å². The monoisotopic (exact) mass is 255 g/mol. The van der Waals surface area contributed by atoms with Gasteiger partial charge >= 0.3 is 0 Å². The lowest BCUT2D eigenvalue weighted by Gasteiger charge is -2.21. The molecular weight excluding hydrogens is 242 g/mol.